The van der Waals surface area contributed by atoms with Gasteiger partial charge in [-0.05, 0) is 38.0 Å². The van der Waals surface area contributed by atoms with Crippen molar-refractivity contribution in [2.45, 2.75) is 25.8 Å². The van der Waals surface area contributed by atoms with Crippen molar-refractivity contribution in [3.63, 3.8) is 0 Å². The molecular formula is C14H19FN2. The van der Waals surface area contributed by atoms with Crippen molar-refractivity contribution in [2.75, 3.05) is 13.1 Å². The molecule has 0 aliphatic carbocycles. The molecule has 0 aliphatic heterocycles. The average molecular weight is 234 g/mol. The van der Waals surface area contributed by atoms with Gasteiger partial charge in [-0.15, -0.1) is 5.92 Å². The lowest BCUT2D eigenvalue weighted by Gasteiger charge is -2.28. The summed E-state index contributed by atoms with van der Waals surface area (Å²) in [5.41, 5.74) is 6.64. The zero-order chi connectivity index (χ0) is 12.7. The van der Waals surface area contributed by atoms with Crippen molar-refractivity contribution < 1.29 is 4.39 Å². The zero-order valence-corrected chi connectivity index (χ0v) is 10.4. The number of hydrogen-bond acceptors (Lipinski definition) is 2. The average Bonchev–Trinajstić information content (AvgIpc) is 2.33. The lowest BCUT2D eigenvalue weighted by Crippen LogP contribution is -2.50. The van der Waals surface area contributed by atoms with Crippen LogP contribution in [0.25, 0.3) is 0 Å². The number of benzene rings is 1. The molecule has 2 nitrogen and oxygen atoms in total. The van der Waals surface area contributed by atoms with Gasteiger partial charge >= 0.3 is 0 Å². The van der Waals surface area contributed by atoms with E-state index in [1.54, 1.807) is 19.1 Å². The monoisotopic (exact) mass is 234 g/mol. The second-order valence-corrected chi connectivity index (χ2v) is 4.35. The molecule has 17 heavy (non-hydrogen) atoms. The van der Waals surface area contributed by atoms with E-state index in [9.17, 15) is 4.39 Å². The predicted molar refractivity (Wildman–Crippen MR) is 69.0 cm³/mol. The van der Waals surface area contributed by atoms with Crippen LogP contribution in [0.15, 0.2) is 24.3 Å². The molecule has 1 atom stereocenters. The first-order valence-corrected chi connectivity index (χ1v) is 5.69. The quantitative estimate of drug-likeness (QED) is 0.761. The van der Waals surface area contributed by atoms with Gasteiger partial charge in [-0.25, -0.2) is 4.39 Å². The van der Waals surface area contributed by atoms with Gasteiger partial charge in [0.2, 0.25) is 0 Å². The molecule has 0 heterocycles. The van der Waals surface area contributed by atoms with Crippen molar-refractivity contribution in [2.24, 2.45) is 5.73 Å². The van der Waals surface area contributed by atoms with Crippen LogP contribution in [0.4, 0.5) is 4.39 Å². The fourth-order valence-corrected chi connectivity index (χ4v) is 1.61. The van der Waals surface area contributed by atoms with Crippen molar-refractivity contribution in [3.05, 3.63) is 35.6 Å². The standard InChI is InChI=1S/C14H19FN2/c1-3-4-9-17-14(2,11-16)10-12-5-7-13(15)8-6-12/h5-8,17H,9-11,16H2,1-2H3. The third-order valence-corrected chi connectivity index (χ3v) is 2.74. The fraction of sp³-hybridized carbons (Fsp3) is 0.429. The summed E-state index contributed by atoms with van der Waals surface area (Å²) in [5.74, 6) is 5.57. The van der Waals surface area contributed by atoms with Gasteiger partial charge < -0.3 is 5.73 Å². The highest BCUT2D eigenvalue weighted by atomic mass is 19.1. The van der Waals surface area contributed by atoms with E-state index in [1.807, 2.05) is 6.92 Å². The van der Waals surface area contributed by atoms with E-state index < -0.39 is 0 Å². The van der Waals surface area contributed by atoms with Gasteiger partial charge in [0.15, 0.2) is 0 Å². The van der Waals surface area contributed by atoms with Crippen LogP contribution in [-0.2, 0) is 6.42 Å². The molecule has 0 radical (unpaired) electrons. The van der Waals surface area contributed by atoms with Crippen LogP contribution in [-0.4, -0.2) is 18.6 Å². The van der Waals surface area contributed by atoms with Crippen molar-refractivity contribution in [1.29, 1.82) is 0 Å². The lowest BCUT2D eigenvalue weighted by molar-refractivity contribution is 0.380. The van der Waals surface area contributed by atoms with E-state index in [-0.39, 0.29) is 11.4 Å². The molecule has 1 aromatic rings. The minimum absolute atomic E-state index is 0.207. The summed E-state index contributed by atoms with van der Waals surface area (Å²) >= 11 is 0. The summed E-state index contributed by atoms with van der Waals surface area (Å²) in [4.78, 5) is 0. The zero-order valence-electron chi connectivity index (χ0n) is 10.4. The SMILES string of the molecule is CC#CCNC(C)(CN)Cc1ccc(F)cc1. The molecule has 92 valence electrons. The van der Waals surface area contributed by atoms with E-state index in [0.717, 1.165) is 12.0 Å². The van der Waals surface area contributed by atoms with Crippen LogP contribution in [0.3, 0.4) is 0 Å². The summed E-state index contributed by atoms with van der Waals surface area (Å²) in [6, 6.07) is 6.52. The van der Waals surface area contributed by atoms with Gasteiger partial charge in [0, 0.05) is 12.1 Å². The Morgan fingerprint density at radius 1 is 1.35 bits per heavy atom. The third kappa shape index (κ3) is 4.56. The fourth-order valence-electron chi connectivity index (χ4n) is 1.61. The van der Waals surface area contributed by atoms with E-state index in [0.29, 0.717) is 13.1 Å². The highest BCUT2D eigenvalue weighted by Gasteiger charge is 2.21. The molecule has 0 saturated carbocycles. The first-order chi connectivity index (χ1) is 8.09. The second-order valence-electron chi connectivity index (χ2n) is 4.35. The summed E-state index contributed by atoms with van der Waals surface area (Å²) in [6.45, 7) is 4.98. The van der Waals surface area contributed by atoms with Gasteiger partial charge in [-0.3, -0.25) is 5.32 Å². The molecule has 1 rings (SSSR count). The van der Waals surface area contributed by atoms with Crippen LogP contribution in [0.5, 0.6) is 0 Å². The van der Waals surface area contributed by atoms with E-state index >= 15 is 0 Å². The van der Waals surface area contributed by atoms with Gasteiger partial charge in [-0.1, -0.05) is 18.1 Å². The van der Waals surface area contributed by atoms with Crippen LogP contribution < -0.4 is 11.1 Å². The van der Waals surface area contributed by atoms with Crippen molar-refractivity contribution in [3.8, 4) is 11.8 Å². The maximum Gasteiger partial charge on any atom is 0.123 e. The predicted octanol–water partition coefficient (Wildman–Crippen LogP) is 1.70. The van der Waals surface area contributed by atoms with Gasteiger partial charge in [0.1, 0.15) is 5.82 Å². The second kappa shape index (κ2) is 6.39. The Balaban J connectivity index is 2.66. The minimum atomic E-state index is -0.215. The molecule has 1 unspecified atom stereocenters. The number of rotatable bonds is 5. The Kier molecular flexibility index (Phi) is 5.14. The summed E-state index contributed by atoms with van der Waals surface area (Å²) in [6.07, 6.45) is 0.759. The Morgan fingerprint density at radius 3 is 2.53 bits per heavy atom. The summed E-state index contributed by atoms with van der Waals surface area (Å²) in [7, 11) is 0. The van der Waals surface area contributed by atoms with Crippen molar-refractivity contribution >= 4 is 0 Å². The highest BCUT2D eigenvalue weighted by Crippen LogP contribution is 2.12. The van der Waals surface area contributed by atoms with E-state index in [4.69, 9.17) is 5.73 Å². The van der Waals surface area contributed by atoms with E-state index in [2.05, 4.69) is 17.2 Å². The molecule has 0 spiro atoms. The molecule has 3 heteroatoms. The molecule has 0 fully saturated rings. The van der Waals surface area contributed by atoms with E-state index in [1.165, 1.54) is 12.1 Å². The molecule has 0 aromatic heterocycles. The van der Waals surface area contributed by atoms with Gasteiger partial charge in [0.25, 0.3) is 0 Å². The minimum Gasteiger partial charge on any atom is -0.329 e. The Hall–Kier alpha value is -1.37. The first-order valence-electron chi connectivity index (χ1n) is 5.69. The molecular weight excluding hydrogens is 215 g/mol. The maximum absolute atomic E-state index is 12.8. The first kappa shape index (κ1) is 13.7. The number of nitrogens with one attached hydrogen (secondary N) is 1. The molecule has 0 amide bonds. The van der Waals surface area contributed by atoms with Crippen LogP contribution in [0, 0.1) is 17.7 Å². The van der Waals surface area contributed by atoms with Gasteiger partial charge in [-0.2, -0.15) is 0 Å². The van der Waals surface area contributed by atoms with Crippen LogP contribution >= 0.6 is 0 Å². The number of nitrogens with two attached hydrogens (primary N) is 1. The molecule has 0 aliphatic rings. The molecule has 0 bridgehead atoms. The van der Waals surface area contributed by atoms with Crippen LogP contribution in [0.2, 0.25) is 0 Å². The highest BCUT2D eigenvalue weighted by molar-refractivity contribution is 5.19. The molecule has 3 N–H and O–H groups in total. The summed E-state index contributed by atoms with van der Waals surface area (Å²) in [5, 5.41) is 3.32. The normalized spacial score (nSPS) is 13.6. The number of hydrogen-bond donors (Lipinski definition) is 2. The number of halogens is 1. The maximum atomic E-state index is 12.8. The summed E-state index contributed by atoms with van der Waals surface area (Å²) < 4.78 is 12.8. The van der Waals surface area contributed by atoms with Crippen LogP contribution in [0.1, 0.15) is 19.4 Å². The lowest BCUT2D eigenvalue weighted by atomic mass is 9.93. The Morgan fingerprint density at radius 2 is 2.00 bits per heavy atom. The Labute approximate surface area is 102 Å². The largest absolute Gasteiger partial charge is 0.329 e. The van der Waals surface area contributed by atoms with Crippen molar-refractivity contribution in [1.82, 2.24) is 5.32 Å². The smallest absolute Gasteiger partial charge is 0.123 e. The topological polar surface area (TPSA) is 38.0 Å². The molecule has 1 aromatic carbocycles. The van der Waals surface area contributed by atoms with Gasteiger partial charge in [0.05, 0.1) is 6.54 Å². The molecule has 0 saturated heterocycles. The Bertz CT molecular complexity index is 402. The third-order valence-electron chi connectivity index (χ3n) is 2.74.